The first-order valence-electron chi connectivity index (χ1n) is 6.29. The van der Waals surface area contributed by atoms with Crippen LogP contribution in [0.4, 0.5) is 0 Å². The molecule has 0 aliphatic heterocycles. The monoisotopic (exact) mass is 258 g/mol. The van der Waals surface area contributed by atoms with Crippen molar-refractivity contribution in [2.24, 2.45) is 0 Å². The Kier molecular flexibility index (Phi) is 3.42. The van der Waals surface area contributed by atoms with E-state index in [1.165, 1.54) is 0 Å². The average molecular weight is 258 g/mol. The van der Waals surface area contributed by atoms with E-state index in [0.29, 0.717) is 5.56 Å². The van der Waals surface area contributed by atoms with Gasteiger partial charge < -0.3 is 5.11 Å². The van der Waals surface area contributed by atoms with E-state index in [4.69, 9.17) is 5.11 Å². The smallest absolute Gasteiger partial charge is 0.335 e. The first kappa shape index (κ1) is 13.3. The topological polar surface area (TPSA) is 55.1 Å². The number of carbonyl (C=O) groups is 1. The molecule has 0 radical (unpaired) electrons. The third kappa shape index (κ3) is 2.67. The summed E-state index contributed by atoms with van der Waals surface area (Å²) in [7, 11) is 0. The molecule has 4 heteroatoms. The van der Waals surface area contributed by atoms with Crippen molar-refractivity contribution >= 4 is 5.97 Å². The summed E-state index contributed by atoms with van der Waals surface area (Å²) in [4.78, 5) is 11.1. The summed E-state index contributed by atoms with van der Waals surface area (Å²) in [5.74, 6) is -0.904. The number of nitrogens with zero attached hydrogens (tertiary/aromatic N) is 2. The Morgan fingerprint density at radius 1 is 1.26 bits per heavy atom. The molecule has 4 nitrogen and oxygen atoms in total. The number of benzene rings is 1. The molecule has 1 N–H and O–H groups in total. The maximum absolute atomic E-state index is 11.1. The minimum Gasteiger partial charge on any atom is -0.478 e. The molecule has 2 aromatic rings. The van der Waals surface area contributed by atoms with Gasteiger partial charge in [0.15, 0.2) is 0 Å². The molecule has 0 saturated carbocycles. The van der Waals surface area contributed by atoms with Gasteiger partial charge in [-0.15, -0.1) is 0 Å². The van der Waals surface area contributed by atoms with Gasteiger partial charge in [-0.2, -0.15) is 5.10 Å². The quantitative estimate of drug-likeness (QED) is 0.917. The molecule has 0 aliphatic carbocycles. The van der Waals surface area contributed by atoms with Crippen LogP contribution in [-0.4, -0.2) is 20.9 Å². The Bertz CT molecular complexity index is 627. The van der Waals surface area contributed by atoms with Crippen LogP contribution in [-0.2, 0) is 0 Å². The summed E-state index contributed by atoms with van der Waals surface area (Å²) in [6.45, 7) is 7.97. The number of hydrogen-bond donors (Lipinski definition) is 1. The van der Waals surface area contributed by atoms with Gasteiger partial charge in [-0.1, -0.05) is 6.07 Å². The third-order valence-electron chi connectivity index (χ3n) is 3.08. The van der Waals surface area contributed by atoms with Crippen LogP contribution in [0.25, 0.3) is 11.1 Å². The molecule has 0 amide bonds. The maximum Gasteiger partial charge on any atom is 0.335 e. The number of aromatic nitrogens is 2. The molecule has 0 atom stereocenters. The van der Waals surface area contributed by atoms with Crippen molar-refractivity contribution < 1.29 is 9.90 Å². The summed E-state index contributed by atoms with van der Waals surface area (Å²) in [5, 5.41) is 13.6. The summed E-state index contributed by atoms with van der Waals surface area (Å²) in [6.07, 6.45) is 1.97. The highest BCUT2D eigenvalue weighted by Crippen LogP contribution is 2.26. The lowest BCUT2D eigenvalue weighted by Crippen LogP contribution is -2.00. The lowest BCUT2D eigenvalue weighted by atomic mass is 10.0. The van der Waals surface area contributed by atoms with Crippen LogP contribution in [0, 0.1) is 13.8 Å². The van der Waals surface area contributed by atoms with Crippen molar-refractivity contribution in [2.45, 2.75) is 33.7 Å². The molecule has 0 bridgehead atoms. The van der Waals surface area contributed by atoms with Crippen molar-refractivity contribution in [1.82, 2.24) is 9.78 Å². The highest BCUT2D eigenvalue weighted by Gasteiger charge is 2.12. The van der Waals surface area contributed by atoms with Gasteiger partial charge in [-0.25, -0.2) is 4.79 Å². The first-order valence-corrected chi connectivity index (χ1v) is 6.29. The number of carboxylic acid groups (broad SMARTS) is 1. The second-order valence-electron chi connectivity index (χ2n) is 5.09. The second kappa shape index (κ2) is 4.88. The van der Waals surface area contributed by atoms with E-state index < -0.39 is 5.97 Å². The van der Waals surface area contributed by atoms with Crippen molar-refractivity contribution in [3.63, 3.8) is 0 Å². The Balaban J connectivity index is 2.55. The first-order chi connectivity index (χ1) is 8.88. The number of aryl methyl sites for hydroxylation is 2. The molecule has 0 unspecified atom stereocenters. The van der Waals surface area contributed by atoms with Crippen LogP contribution < -0.4 is 0 Å². The van der Waals surface area contributed by atoms with Crippen LogP contribution in [0.2, 0.25) is 0 Å². The van der Waals surface area contributed by atoms with Crippen molar-refractivity contribution in [3.8, 4) is 11.1 Å². The molecule has 1 heterocycles. The minimum atomic E-state index is -0.904. The van der Waals surface area contributed by atoms with E-state index in [1.54, 1.807) is 12.1 Å². The van der Waals surface area contributed by atoms with Gasteiger partial charge in [0.2, 0.25) is 0 Å². The fourth-order valence-corrected chi connectivity index (χ4v) is 2.09. The van der Waals surface area contributed by atoms with Crippen LogP contribution in [0.5, 0.6) is 0 Å². The normalized spacial score (nSPS) is 11.0. The highest BCUT2D eigenvalue weighted by molar-refractivity contribution is 5.90. The Hall–Kier alpha value is -2.10. The Morgan fingerprint density at radius 2 is 1.95 bits per heavy atom. The summed E-state index contributed by atoms with van der Waals surface area (Å²) >= 11 is 0. The molecule has 0 saturated heterocycles. The fourth-order valence-electron chi connectivity index (χ4n) is 2.09. The van der Waals surface area contributed by atoms with E-state index in [-0.39, 0.29) is 6.04 Å². The van der Waals surface area contributed by atoms with Gasteiger partial charge in [0.05, 0.1) is 11.3 Å². The van der Waals surface area contributed by atoms with Gasteiger partial charge in [0.1, 0.15) is 0 Å². The maximum atomic E-state index is 11.1. The molecule has 100 valence electrons. The molecule has 1 aromatic carbocycles. The van der Waals surface area contributed by atoms with E-state index in [0.717, 1.165) is 22.4 Å². The molecular formula is C15H18N2O2. The zero-order valence-electron chi connectivity index (χ0n) is 11.6. The predicted octanol–water partition coefficient (Wildman–Crippen LogP) is 3.45. The highest BCUT2D eigenvalue weighted by atomic mass is 16.4. The van der Waals surface area contributed by atoms with Gasteiger partial charge in [-0.3, -0.25) is 4.68 Å². The van der Waals surface area contributed by atoms with Crippen molar-refractivity contribution in [1.29, 1.82) is 0 Å². The lowest BCUT2D eigenvalue weighted by Gasteiger charge is -2.05. The number of carboxylic acids is 1. The zero-order chi connectivity index (χ0) is 14.2. The summed E-state index contributed by atoms with van der Waals surface area (Å²) < 4.78 is 1.90. The van der Waals surface area contributed by atoms with Crippen LogP contribution in [0.1, 0.15) is 41.5 Å². The molecule has 1 aromatic heterocycles. The largest absolute Gasteiger partial charge is 0.478 e. The summed E-state index contributed by atoms with van der Waals surface area (Å²) in [5.41, 5.74) is 4.05. The van der Waals surface area contributed by atoms with Gasteiger partial charge >= 0.3 is 5.97 Å². The Labute approximate surface area is 112 Å². The molecule has 0 aliphatic rings. The third-order valence-corrected chi connectivity index (χ3v) is 3.08. The van der Waals surface area contributed by atoms with E-state index in [9.17, 15) is 4.79 Å². The predicted molar refractivity (Wildman–Crippen MR) is 74.5 cm³/mol. The molecule has 0 spiro atoms. The number of rotatable bonds is 3. The standard InChI is InChI=1S/C15H18N2O2/c1-9(2)17-8-14(11(4)16-17)12-5-10(3)6-13(7-12)15(18)19/h5-9H,1-4H3,(H,18,19). The SMILES string of the molecule is Cc1cc(C(=O)O)cc(-c2cn(C(C)C)nc2C)c1. The molecule has 19 heavy (non-hydrogen) atoms. The minimum absolute atomic E-state index is 0.288. The Morgan fingerprint density at radius 3 is 2.47 bits per heavy atom. The van der Waals surface area contributed by atoms with Crippen LogP contribution in [0.15, 0.2) is 24.4 Å². The summed E-state index contributed by atoms with van der Waals surface area (Å²) in [6, 6.07) is 5.65. The zero-order valence-corrected chi connectivity index (χ0v) is 11.6. The molecular weight excluding hydrogens is 240 g/mol. The van der Waals surface area contributed by atoms with E-state index >= 15 is 0 Å². The van der Waals surface area contributed by atoms with E-state index in [2.05, 4.69) is 18.9 Å². The van der Waals surface area contributed by atoms with Crippen molar-refractivity contribution in [2.75, 3.05) is 0 Å². The number of aromatic carboxylic acids is 1. The van der Waals surface area contributed by atoms with E-state index in [1.807, 2.05) is 30.8 Å². The molecule has 2 rings (SSSR count). The van der Waals surface area contributed by atoms with Gasteiger partial charge in [0, 0.05) is 17.8 Å². The van der Waals surface area contributed by atoms with Gasteiger partial charge in [0.25, 0.3) is 0 Å². The van der Waals surface area contributed by atoms with Gasteiger partial charge in [-0.05, 0) is 51.0 Å². The fraction of sp³-hybridized carbons (Fsp3) is 0.333. The average Bonchev–Trinajstić information content (AvgIpc) is 2.70. The van der Waals surface area contributed by atoms with Crippen LogP contribution in [0.3, 0.4) is 0 Å². The lowest BCUT2D eigenvalue weighted by molar-refractivity contribution is 0.0697. The van der Waals surface area contributed by atoms with Crippen molar-refractivity contribution in [3.05, 3.63) is 41.2 Å². The second-order valence-corrected chi connectivity index (χ2v) is 5.09. The van der Waals surface area contributed by atoms with Crippen LogP contribution >= 0.6 is 0 Å². The molecule has 0 fully saturated rings. The number of hydrogen-bond acceptors (Lipinski definition) is 2.